The molecule has 8 aromatic carbocycles. The highest BCUT2D eigenvalue weighted by molar-refractivity contribution is 7.26. The van der Waals surface area contributed by atoms with Crippen molar-refractivity contribution in [2.75, 3.05) is 7.05 Å². The van der Waals surface area contributed by atoms with Crippen LogP contribution < -0.4 is 0 Å². The molecule has 1 atom stereocenters. The standard InChI is InChI=1S/C48H32N4S/c1-51-47(33-14-3-2-4-15-33)49-46(50-48(51)39-20-11-19-38-37-18-9-10-21-42(37)53-45(38)39)32-22-26-34(27-23-32)52-40-28-24-30-12-5-7-16-35(30)43(40)44-36-17-8-6-13-31(36)25-29-41(44)52/h2-29,47H,1H3. The normalized spacial score (nSPS) is 14.9. The molecule has 1 aliphatic rings. The fourth-order valence-corrected chi connectivity index (χ4v) is 9.56. The van der Waals surface area contributed by atoms with E-state index >= 15 is 0 Å². The summed E-state index contributed by atoms with van der Waals surface area (Å²) in [5.41, 5.74) is 6.73. The first-order valence-electron chi connectivity index (χ1n) is 18.0. The lowest BCUT2D eigenvalue weighted by molar-refractivity contribution is 0.383. The highest BCUT2D eigenvalue weighted by Crippen LogP contribution is 2.41. The van der Waals surface area contributed by atoms with Gasteiger partial charge in [-0.1, -0.05) is 121 Å². The van der Waals surface area contributed by atoms with E-state index in [9.17, 15) is 0 Å². The number of amidine groups is 2. The topological polar surface area (TPSA) is 32.9 Å². The Morgan fingerprint density at radius 2 is 1.13 bits per heavy atom. The summed E-state index contributed by atoms with van der Waals surface area (Å²) in [6, 6.07) is 61.1. The monoisotopic (exact) mass is 696 g/mol. The Bertz CT molecular complexity index is 3040. The van der Waals surface area contributed by atoms with E-state index in [1.807, 2.05) is 11.3 Å². The van der Waals surface area contributed by atoms with Gasteiger partial charge >= 0.3 is 0 Å². The van der Waals surface area contributed by atoms with Gasteiger partial charge in [0.2, 0.25) is 0 Å². The summed E-state index contributed by atoms with van der Waals surface area (Å²) in [6.45, 7) is 0. The average molecular weight is 697 g/mol. The minimum Gasteiger partial charge on any atom is -0.333 e. The maximum Gasteiger partial charge on any atom is 0.159 e. The number of benzene rings is 8. The van der Waals surface area contributed by atoms with Gasteiger partial charge in [-0.15, -0.1) is 11.3 Å². The molecule has 0 spiro atoms. The molecule has 250 valence electrons. The molecule has 5 heteroatoms. The summed E-state index contributed by atoms with van der Waals surface area (Å²) in [4.78, 5) is 12.9. The third-order valence-corrected chi connectivity index (χ3v) is 12.0. The van der Waals surface area contributed by atoms with E-state index in [0.717, 1.165) is 34.0 Å². The fourth-order valence-electron chi connectivity index (χ4n) is 8.35. The molecule has 1 unspecified atom stereocenters. The Labute approximate surface area is 310 Å². The summed E-state index contributed by atoms with van der Waals surface area (Å²) in [5.74, 6) is 1.65. The van der Waals surface area contributed by atoms with Gasteiger partial charge < -0.3 is 9.47 Å². The van der Waals surface area contributed by atoms with Crippen LogP contribution in [0.2, 0.25) is 0 Å². The van der Waals surface area contributed by atoms with Gasteiger partial charge in [0, 0.05) is 54.8 Å². The van der Waals surface area contributed by atoms with Crippen molar-refractivity contribution in [2.45, 2.75) is 6.17 Å². The van der Waals surface area contributed by atoms with Gasteiger partial charge in [-0.2, -0.15) is 0 Å². The van der Waals surface area contributed by atoms with Crippen LogP contribution in [0.4, 0.5) is 0 Å². The van der Waals surface area contributed by atoms with Crippen LogP contribution in [0.1, 0.15) is 22.9 Å². The number of rotatable bonds is 4. The summed E-state index contributed by atoms with van der Waals surface area (Å²) in [7, 11) is 2.11. The van der Waals surface area contributed by atoms with Crippen LogP contribution in [-0.4, -0.2) is 28.2 Å². The smallest absolute Gasteiger partial charge is 0.159 e. The molecule has 0 fully saturated rings. The number of thiophene rings is 1. The Morgan fingerprint density at radius 3 is 1.83 bits per heavy atom. The second-order valence-electron chi connectivity index (χ2n) is 13.8. The lowest BCUT2D eigenvalue weighted by Gasteiger charge is -2.32. The molecule has 2 aromatic heterocycles. The second-order valence-corrected chi connectivity index (χ2v) is 14.9. The molecule has 0 amide bonds. The van der Waals surface area contributed by atoms with Crippen LogP contribution in [0, 0.1) is 0 Å². The Hall–Kier alpha value is -6.56. The van der Waals surface area contributed by atoms with Gasteiger partial charge in [-0.3, -0.25) is 0 Å². The van der Waals surface area contributed by atoms with Crippen LogP contribution in [0.15, 0.2) is 180 Å². The zero-order valence-electron chi connectivity index (χ0n) is 28.9. The van der Waals surface area contributed by atoms with E-state index in [-0.39, 0.29) is 6.17 Å². The van der Waals surface area contributed by atoms with Crippen molar-refractivity contribution in [3.63, 3.8) is 0 Å². The number of aromatic nitrogens is 1. The number of hydrogen-bond donors (Lipinski definition) is 0. The first kappa shape index (κ1) is 30.1. The van der Waals surface area contributed by atoms with E-state index in [0.29, 0.717) is 0 Å². The van der Waals surface area contributed by atoms with Crippen LogP contribution in [-0.2, 0) is 0 Å². The highest BCUT2D eigenvalue weighted by atomic mass is 32.1. The van der Waals surface area contributed by atoms with Gasteiger partial charge in [0.25, 0.3) is 0 Å². The maximum absolute atomic E-state index is 5.35. The Balaban J connectivity index is 1.09. The summed E-state index contributed by atoms with van der Waals surface area (Å²) in [6.07, 6.45) is -0.220. The molecule has 0 saturated carbocycles. The van der Waals surface area contributed by atoms with Crippen molar-refractivity contribution in [3.8, 4) is 5.69 Å². The van der Waals surface area contributed by atoms with Crippen LogP contribution >= 0.6 is 11.3 Å². The number of aliphatic imine (C=N–C) groups is 2. The number of fused-ring (bicyclic) bond motifs is 10. The van der Waals surface area contributed by atoms with E-state index in [2.05, 4.69) is 186 Å². The molecule has 10 aromatic rings. The van der Waals surface area contributed by atoms with E-state index < -0.39 is 0 Å². The molecule has 0 saturated heterocycles. The van der Waals surface area contributed by atoms with Crippen molar-refractivity contribution >= 4 is 86.5 Å². The summed E-state index contributed by atoms with van der Waals surface area (Å²) in [5, 5.41) is 10.1. The predicted molar refractivity (Wildman–Crippen MR) is 225 cm³/mol. The highest BCUT2D eigenvalue weighted by Gasteiger charge is 2.28. The minimum atomic E-state index is -0.220. The minimum absolute atomic E-state index is 0.220. The maximum atomic E-state index is 5.35. The molecular formula is C48H32N4S. The first-order valence-corrected chi connectivity index (χ1v) is 18.8. The molecular weight excluding hydrogens is 665 g/mol. The number of hydrogen-bond acceptors (Lipinski definition) is 4. The zero-order valence-corrected chi connectivity index (χ0v) is 29.8. The largest absolute Gasteiger partial charge is 0.333 e. The quantitative estimate of drug-likeness (QED) is 0.180. The van der Waals surface area contributed by atoms with Gasteiger partial charge in [0.1, 0.15) is 12.0 Å². The molecule has 0 bridgehead atoms. The van der Waals surface area contributed by atoms with E-state index in [1.54, 1.807) is 0 Å². The van der Waals surface area contributed by atoms with Crippen LogP contribution in [0.3, 0.4) is 0 Å². The van der Waals surface area contributed by atoms with E-state index in [1.165, 1.54) is 63.5 Å². The molecule has 11 rings (SSSR count). The lowest BCUT2D eigenvalue weighted by Crippen LogP contribution is -2.35. The molecule has 0 N–H and O–H groups in total. The Morgan fingerprint density at radius 1 is 0.528 bits per heavy atom. The van der Waals surface area contributed by atoms with Gasteiger partial charge in [0.15, 0.2) is 5.84 Å². The van der Waals surface area contributed by atoms with Crippen molar-refractivity contribution in [3.05, 3.63) is 187 Å². The lowest BCUT2D eigenvalue weighted by atomic mass is 10.00. The fraction of sp³-hybridized carbons (Fsp3) is 0.0417. The van der Waals surface area contributed by atoms with Crippen LogP contribution in [0.5, 0.6) is 0 Å². The van der Waals surface area contributed by atoms with Crippen molar-refractivity contribution in [1.82, 2.24) is 9.47 Å². The average Bonchev–Trinajstić information content (AvgIpc) is 3.78. The van der Waals surface area contributed by atoms with Crippen molar-refractivity contribution in [2.24, 2.45) is 9.98 Å². The third-order valence-electron chi connectivity index (χ3n) is 10.8. The SMILES string of the molecule is CN1C(c2cccc3c2sc2ccccc23)=NC(c2ccc(-n3c4ccc5ccccc5c4c4c5ccccc5ccc43)cc2)=NC1c1ccccc1. The molecule has 0 radical (unpaired) electrons. The molecule has 53 heavy (non-hydrogen) atoms. The molecule has 1 aliphatic heterocycles. The summed E-state index contributed by atoms with van der Waals surface area (Å²) < 4.78 is 4.94. The van der Waals surface area contributed by atoms with Crippen molar-refractivity contribution < 1.29 is 0 Å². The third kappa shape index (κ3) is 4.61. The van der Waals surface area contributed by atoms with Crippen molar-refractivity contribution in [1.29, 1.82) is 0 Å². The van der Waals surface area contributed by atoms with Crippen LogP contribution in [0.25, 0.3) is 69.2 Å². The Kier molecular flexibility index (Phi) is 6.67. The van der Waals surface area contributed by atoms with Gasteiger partial charge in [0.05, 0.1) is 11.0 Å². The van der Waals surface area contributed by atoms with E-state index in [4.69, 9.17) is 9.98 Å². The zero-order chi connectivity index (χ0) is 35.0. The van der Waals surface area contributed by atoms with Gasteiger partial charge in [-0.05, 0) is 75.6 Å². The predicted octanol–water partition coefficient (Wildman–Crippen LogP) is 12.3. The first-order chi connectivity index (χ1) is 26.2. The molecule has 0 aliphatic carbocycles. The molecule has 4 nitrogen and oxygen atoms in total. The van der Waals surface area contributed by atoms with Gasteiger partial charge in [-0.25, -0.2) is 9.98 Å². The number of nitrogens with zero attached hydrogens (tertiary/aromatic N) is 4. The summed E-state index contributed by atoms with van der Waals surface area (Å²) >= 11 is 1.83. The second kappa shape index (κ2) is 11.7. The molecule has 3 heterocycles.